The Morgan fingerprint density at radius 1 is 1.35 bits per heavy atom. The molecule has 0 radical (unpaired) electrons. The highest BCUT2D eigenvalue weighted by Gasteiger charge is 2.34. The van der Waals surface area contributed by atoms with Crippen molar-refractivity contribution in [2.45, 2.75) is 20.0 Å². The van der Waals surface area contributed by atoms with Crippen molar-refractivity contribution in [3.63, 3.8) is 0 Å². The Morgan fingerprint density at radius 3 is 2.65 bits per heavy atom. The summed E-state index contributed by atoms with van der Waals surface area (Å²) in [5, 5.41) is 15.6. The smallest absolute Gasteiger partial charge is 0.396 e. The third kappa shape index (κ3) is 3.01. The molecule has 8 heteroatoms. The Labute approximate surface area is 113 Å². The van der Waals surface area contributed by atoms with Gasteiger partial charge in [0.1, 0.15) is 5.52 Å². The lowest BCUT2D eigenvalue weighted by molar-refractivity contribution is -0.141. The zero-order valence-electron chi connectivity index (χ0n) is 11.1. The van der Waals surface area contributed by atoms with E-state index in [4.69, 9.17) is 5.11 Å². The molecule has 2 aromatic heterocycles. The minimum Gasteiger partial charge on any atom is -0.396 e. The SMILES string of the molecule is CC(C)(CO)CNc1nccn2nc(C(F)(F)F)cc12. The first-order valence-corrected chi connectivity index (χ1v) is 5.99. The van der Waals surface area contributed by atoms with Gasteiger partial charge in [0.15, 0.2) is 11.5 Å². The number of nitrogens with one attached hydrogen (secondary N) is 1. The Balaban J connectivity index is 2.32. The van der Waals surface area contributed by atoms with Gasteiger partial charge in [-0.3, -0.25) is 0 Å². The predicted octanol–water partition coefficient (Wildman–Crippen LogP) is 2.18. The van der Waals surface area contributed by atoms with Gasteiger partial charge >= 0.3 is 6.18 Å². The molecule has 0 amide bonds. The van der Waals surface area contributed by atoms with E-state index < -0.39 is 17.3 Å². The van der Waals surface area contributed by atoms with Gasteiger partial charge in [-0.05, 0) is 0 Å². The van der Waals surface area contributed by atoms with Crippen LogP contribution in [0.5, 0.6) is 0 Å². The second-order valence-corrected chi connectivity index (χ2v) is 5.31. The molecule has 2 rings (SSSR count). The minimum absolute atomic E-state index is 0.0455. The molecule has 0 aliphatic heterocycles. The molecule has 0 spiro atoms. The number of fused-ring (bicyclic) bond motifs is 1. The molecular formula is C12H15F3N4O. The van der Waals surface area contributed by atoms with Crippen molar-refractivity contribution in [2.24, 2.45) is 5.41 Å². The van der Waals surface area contributed by atoms with Crippen LogP contribution in [0.2, 0.25) is 0 Å². The van der Waals surface area contributed by atoms with Crippen LogP contribution in [0.3, 0.4) is 0 Å². The second-order valence-electron chi connectivity index (χ2n) is 5.31. The van der Waals surface area contributed by atoms with Gasteiger partial charge in [0, 0.05) is 37.0 Å². The number of aliphatic hydroxyl groups excluding tert-OH is 1. The first-order valence-electron chi connectivity index (χ1n) is 5.99. The summed E-state index contributed by atoms with van der Waals surface area (Å²) in [4.78, 5) is 4.02. The van der Waals surface area contributed by atoms with E-state index in [9.17, 15) is 13.2 Å². The van der Waals surface area contributed by atoms with Gasteiger partial charge in [-0.2, -0.15) is 18.3 Å². The van der Waals surface area contributed by atoms with Crippen LogP contribution in [-0.2, 0) is 6.18 Å². The van der Waals surface area contributed by atoms with Crippen molar-refractivity contribution >= 4 is 11.3 Å². The fourth-order valence-corrected chi connectivity index (χ4v) is 1.58. The summed E-state index contributed by atoms with van der Waals surface area (Å²) in [5.74, 6) is 0.303. The van der Waals surface area contributed by atoms with E-state index in [1.165, 1.54) is 12.4 Å². The van der Waals surface area contributed by atoms with Crippen molar-refractivity contribution in [3.8, 4) is 0 Å². The van der Waals surface area contributed by atoms with Crippen molar-refractivity contribution in [1.82, 2.24) is 14.6 Å². The largest absolute Gasteiger partial charge is 0.435 e. The maximum absolute atomic E-state index is 12.6. The Morgan fingerprint density at radius 2 is 2.05 bits per heavy atom. The molecule has 0 saturated carbocycles. The van der Waals surface area contributed by atoms with Crippen LogP contribution in [0.4, 0.5) is 19.0 Å². The Kier molecular flexibility index (Phi) is 3.59. The summed E-state index contributed by atoms with van der Waals surface area (Å²) < 4.78 is 39.0. The molecule has 0 aliphatic carbocycles. The molecule has 0 aliphatic rings. The van der Waals surface area contributed by atoms with Crippen molar-refractivity contribution in [3.05, 3.63) is 24.2 Å². The lowest BCUT2D eigenvalue weighted by Crippen LogP contribution is -2.27. The molecule has 0 unspecified atom stereocenters. The summed E-state index contributed by atoms with van der Waals surface area (Å²) in [5.41, 5.74) is -1.12. The standard InChI is InChI=1S/C12H15F3N4O/c1-11(2,7-20)6-17-10-8-5-9(12(13,14)15)18-19(8)4-3-16-10/h3-5,20H,6-7H2,1-2H3,(H,16,17). The quantitative estimate of drug-likeness (QED) is 0.905. The third-order valence-electron chi connectivity index (χ3n) is 2.84. The molecule has 2 aromatic rings. The number of rotatable bonds is 4. The van der Waals surface area contributed by atoms with Gasteiger partial charge < -0.3 is 10.4 Å². The summed E-state index contributed by atoms with van der Waals surface area (Å²) in [6.45, 7) is 3.99. The molecule has 0 saturated heterocycles. The van der Waals surface area contributed by atoms with E-state index >= 15 is 0 Å². The molecule has 0 aromatic carbocycles. The highest BCUT2D eigenvalue weighted by Crippen LogP contribution is 2.30. The number of aromatic nitrogens is 3. The Bertz CT molecular complexity index is 606. The first-order chi connectivity index (χ1) is 9.23. The topological polar surface area (TPSA) is 62.5 Å². The van der Waals surface area contributed by atoms with Gasteiger partial charge in [-0.25, -0.2) is 9.50 Å². The molecule has 0 bridgehead atoms. The average molecular weight is 288 g/mol. The van der Waals surface area contributed by atoms with Crippen LogP contribution < -0.4 is 5.32 Å². The molecule has 0 fully saturated rings. The van der Waals surface area contributed by atoms with Crippen LogP contribution in [0.1, 0.15) is 19.5 Å². The van der Waals surface area contributed by atoms with Crippen LogP contribution in [-0.4, -0.2) is 32.9 Å². The van der Waals surface area contributed by atoms with E-state index in [2.05, 4.69) is 15.4 Å². The zero-order chi connectivity index (χ0) is 15.0. The average Bonchev–Trinajstić information content (AvgIpc) is 2.80. The summed E-state index contributed by atoms with van der Waals surface area (Å²) in [6, 6.07) is 0.946. The molecule has 20 heavy (non-hydrogen) atoms. The highest BCUT2D eigenvalue weighted by atomic mass is 19.4. The van der Waals surface area contributed by atoms with Crippen molar-refractivity contribution in [1.29, 1.82) is 0 Å². The molecular weight excluding hydrogens is 273 g/mol. The van der Waals surface area contributed by atoms with Crippen molar-refractivity contribution < 1.29 is 18.3 Å². The van der Waals surface area contributed by atoms with Crippen LogP contribution >= 0.6 is 0 Å². The van der Waals surface area contributed by atoms with Crippen LogP contribution in [0, 0.1) is 5.41 Å². The maximum atomic E-state index is 12.6. The van der Waals surface area contributed by atoms with E-state index in [0.717, 1.165) is 10.6 Å². The van der Waals surface area contributed by atoms with Gasteiger partial charge in [-0.1, -0.05) is 13.8 Å². The number of aliphatic hydroxyl groups is 1. The predicted molar refractivity (Wildman–Crippen MR) is 67.3 cm³/mol. The van der Waals surface area contributed by atoms with Gasteiger partial charge in [0.05, 0.1) is 0 Å². The third-order valence-corrected chi connectivity index (χ3v) is 2.84. The Hall–Kier alpha value is -1.83. The van der Waals surface area contributed by atoms with Gasteiger partial charge in [-0.15, -0.1) is 0 Å². The van der Waals surface area contributed by atoms with Crippen LogP contribution in [0.15, 0.2) is 18.5 Å². The van der Waals surface area contributed by atoms with Crippen molar-refractivity contribution in [2.75, 3.05) is 18.5 Å². The molecule has 5 nitrogen and oxygen atoms in total. The van der Waals surface area contributed by atoms with Gasteiger partial charge in [0.2, 0.25) is 0 Å². The normalized spacial score (nSPS) is 12.9. The highest BCUT2D eigenvalue weighted by molar-refractivity contribution is 5.67. The monoisotopic (exact) mass is 288 g/mol. The summed E-state index contributed by atoms with van der Waals surface area (Å²) in [7, 11) is 0. The lowest BCUT2D eigenvalue weighted by atomic mass is 9.95. The molecule has 2 N–H and O–H groups in total. The number of halogens is 3. The number of nitrogens with zero attached hydrogens (tertiary/aromatic N) is 3. The van der Waals surface area contributed by atoms with E-state index in [1.807, 2.05) is 13.8 Å². The van der Waals surface area contributed by atoms with E-state index in [0.29, 0.717) is 12.4 Å². The zero-order valence-corrected chi connectivity index (χ0v) is 11.1. The fraction of sp³-hybridized carbons (Fsp3) is 0.500. The molecule has 0 atom stereocenters. The maximum Gasteiger partial charge on any atom is 0.435 e. The number of hydrogen-bond donors (Lipinski definition) is 2. The summed E-state index contributed by atoms with van der Waals surface area (Å²) in [6.07, 6.45) is -1.77. The lowest BCUT2D eigenvalue weighted by Gasteiger charge is -2.22. The summed E-state index contributed by atoms with van der Waals surface area (Å²) >= 11 is 0. The van der Waals surface area contributed by atoms with E-state index in [1.54, 1.807) is 0 Å². The van der Waals surface area contributed by atoms with E-state index in [-0.39, 0.29) is 12.1 Å². The number of anilines is 1. The molecule has 110 valence electrons. The molecule has 2 heterocycles. The minimum atomic E-state index is -4.49. The first kappa shape index (κ1) is 14.6. The number of hydrogen-bond acceptors (Lipinski definition) is 4. The fourth-order valence-electron chi connectivity index (χ4n) is 1.58. The van der Waals surface area contributed by atoms with Gasteiger partial charge in [0.25, 0.3) is 0 Å². The van der Waals surface area contributed by atoms with Crippen LogP contribution in [0.25, 0.3) is 5.52 Å². The number of alkyl halides is 3. The second kappa shape index (κ2) is 4.93.